The maximum Gasteiger partial charge on any atom is 0.414 e. The van der Waals surface area contributed by atoms with Crippen LogP contribution in [0, 0.1) is 0 Å². The normalized spacial score (nSPS) is 20.1. The molecule has 7 nitrogen and oxygen atoms in total. The molecular weight excluding hydrogens is 358 g/mol. The van der Waals surface area contributed by atoms with Gasteiger partial charge in [-0.05, 0) is 29.8 Å². The number of aliphatic imine (C=N–C) groups is 1. The van der Waals surface area contributed by atoms with Gasteiger partial charge in [-0.1, -0.05) is 30.3 Å². The standard InChI is InChI=1S/C21H21N3O4/c25-20-15-27-11-10-23(20)17-6-8-18(9-7-17)24-14-19(28-21(24)26)13-22-12-16-4-2-1-3-5-16/h1-9,12,19H,10-11,13-15H2. The first-order valence-electron chi connectivity index (χ1n) is 9.22. The molecule has 2 aromatic carbocycles. The molecule has 0 spiro atoms. The predicted octanol–water partition coefficient (Wildman–Crippen LogP) is 2.49. The number of carbonyl (C=O) groups is 2. The topological polar surface area (TPSA) is 71.4 Å². The summed E-state index contributed by atoms with van der Waals surface area (Å²) in [5.41, 5.74) is 2.55. The van der Waals surface area contributed by atoms with Crippen molar-refractivity contribution in [2.24, 2.45) is 4.99 Å². The highest BCUT2D eigenvalue weighted by Crippen LogP contribution is 2.25. The number of nitrogens with zero attached hydrogens (tertiary/aromatic N) is 3. The third-order valence-corrected chi connectivity index (χ3v) is 4.68. The highest BCUT2D eigenvalue weighted by atomic mass is 16.6. The zero-order valence-electron chi connectivity index (χ0n) is 15.4. The number of morpholine rings is 1. The number of hydrogen-bond donors (Lipinski definition) is 0. The molecule has 0 radical (unpaired) electrons. The molecule has 0 aliphatic carbocycles. The maximum absolute atomic E-state index is 12.2. The van der Waals surface area contributed by atoms with Gasteiger partial charge in [-0.2, -0.15) is 0 Å². The van der Waals surface area contributed by atoms with E-state index < -0.39 is 0 Å². The van der Waals surface area contributed by atoms with Crippen molar-refractivity contribution in [3.05, 3.63) is 60.2 Å². The fraction of sp³-hybridized carbons (Fsp3) is 0.286. The molecule has 2 amide bonds. The van der Waals surface area contributed by atoms with Crippen LogP contribution in [-0.2, 0) is 14.3 Å². The Morgan fingerprint density at radius 2 is 1.71 bits per heavy atom. The lowest BCUT2D eigenvalue weighted by molar-refractivity contribution is -0.125. The highest BCUT2D eigenvalue weighted by molar-refractivity contribution is 5.95. The van der Waals surface area contributed by atoms with Gasteiger partial charge in [-0.15, -0.1) is 0 Å². The lowest BCUT2D eigenvalue weighted by atomic mass is 10.2. The van der Waals surface area contributed by atoms with Crippen LogP contribution in [-0.4, -0.2) is 57.2 Å². The van der Waals surface area contributed by atoms with Gasteiger partial charge in [0.25, 0.3) is 5.91 Å². The summed E-state index contributed by atoms with van der Waals surface area (Å²) >= 11 is 0. The second-order valence-electron chi connectivity index (χ2n) is 6.64. The van der Waals surface area contributed by atoms with Crippen LogP contribution in [0.3, 0.4) is 0 Å². The molecule has 0 bridgehead atoms. The molecular formula is C21H21N3O4. The molecule has 2 aliphatic heterocycles. The Bertz CT molecular complexity index is 867. The second-order valence-corrected chi connectivity index (χ2v) is 6.64. The van der Waals surface area contributed by atoms with Gasteiger partial charge in [0.2, 0.25) is 0 Å². The molecule has 1 unspecified atom stereocenters. The summed E-state index contributed by atoms with van der Waals surface area (Å²) in [5, 5.41) is 0. The van der Waals surface area contributed by atoms with Crippen molar-refractivity contribution < 1.29 is 19.1 Å². The Kier molecular flexibility index (Phi) is 5.34. The fourth-order valence-corrected chi connectivity index (χ4v) is 3.25. The van der Waals surface area contributed by atoms with Crippen LogP contribution >= 0.6 is 0 Å². The molecule has 0 saturated carbocycles. The minimum absolute atomic E-state index is 0.0593. The second kappa shape index (κ2) is 8.22. The number of rotatable bonds is 5. The van der Waals surface area contributed by atoms with Crippen LogP contribution in [0.15, 0.2) is 59.6 Å². The van der Waals surface area contributed by atoms with Crippen molar-refractivity contribution in [3.8, 4) is 0 Å². The van der Waals surface area contributed by atoms with Gasteiger partial charge in [0.15, 0.2) is 0 Å². The molecule has 2 aromatic rings. The lowest BCUT2D eigenvalue weighted by Gasteiger charge is -2.27. The van der Waals surface area contributed by atoms with Crippen molar-refractivity contribution in [1.82, 2.24) is 0 Å². The van der Waals surface area contributed by atoms with Crippen molar-refractivity contribution in [2.75, 3.05) is 42.6 Å². The summed E-state index contributed by atoms with van der Waals surface area (Å²) in [6.07, 6.45) is 1.12. The van der Waals surface area contributed by atoms with Crippen LogP contribution in [0.4, 0.5) is 16.2 Å². The first-order valence-corrected chi connectivity index (χ1v) is 9.22. The van der Waals surface area contributed by atoms with Crippen LogP contribution < -0.4 is 9.80 Å². The lowest BCUT2D eigenvalue weighted by Crippen LogP contribution is -2.41. The Balaban J connectivity index is 1.37. The van der Waals surface area contributed by atoms with Gasteiger partial charge in [-0.3, -0.25) is 14.7 Å². The Hall–Kier alpha value is -3.19. The maximum atomic E-state index is 12.2. The Labute approximate surface area is 163 Å². The largest absolute Gasteiger partial charge is 0.442 e. The molecule has 2 saturated heterocycles. The van der Waals surface area contributed by atoms with Crippen molar-refractivity contribution >= 4 is 29.6 Å². The van der Waals surface area contributed by atoms with Gasteiger partial charge >= 0.3 is 6.09 Å². The van der Waals surface area contributed by atoms with E-state index in [0.717, 1.165) is 16.9 Å². The number of ether oxygens (including phenoxy) is 2. The molecule has 2 aliphatic rings. The molecule has 2 heterocycles. The van der Waals surface area contributed by atoms with Gasteiger partial charge in [0.05, 0.1) is 19.7 Å². The first-order chi connectivity index (χ1) is 13.7. The summed E-state index contributed by atoms with van der Waals surface area (Å²) in [6, 6.07) is 17.1. The average Bonchev–Trinajstić information content (AvgIpc) is 3.10. The number of cyclic esters (lactones) is 1. The van der Waals surface area contributed by atoms with E-state index >= 15 is 0 Å². The van der Waals surface area contributed by atoms with Gasteiger partial charge in [-0.25, -0.2) is 4.79 Å². The summed E-state index contributed by atoms with van der Waals surface area (Å²) < 4.78 is 10.6. The van der Waals surface area contributed by atoms with Crippen LogP contribution in [0.5, 0.6) is 0 Å². The van der Waals surface area contributed by atoms with E-state index in [1.807, 2.05) is 54.6 Å². The van der Waals surface area contributed by atoms with E-state index in [9.17, 15) is 9.59 Å². The first kappa shape index (κ1) is 18.2. The van der Waals surface area contributed by atoms with E-state index in [-0.39, 0.29) is 24.7 Å². The number of hydrogen-bond acceptors (Lipinski definition) is 5. The van der Waals surface area contributed by atoms with Crippen molar-refractivity contribution in [2.45, 2.75) is 6.10 Å². The minimum Gasteiger partial charge on any atom is -0.442 e. The number of amides is 2. The Morgan fingerprint density at radius 1 is 1.00 bits per heavy atom. The smallest absolute Gasteiger partial charge is 0.414 e. The van der Waals surface area contributed by atoms with Gasteiger partial charge < -0.3 is 14.4 Å². The number of carbonyl (C=O) groups excluding carboxylic acids is 2. The van der Waals surface area contributed by atoms with Gasteiger partial charge in [0, 0.05) is 24.1 Å². The molecule has 1 atom stereocenters. The summed E-state index contributed by atoms with van der Waals surface area (Å²) in [6.45, 7) is 2.02. The molecule has 2 fully saturated rings. The third kappa shape index (κ3) is 4.04. The Morgan fingerprint density at radius 3 is 2.43 bits per heavy atom. The van der Waals surface area contributed by atoms with Crippen molar-refractivity contribution in [1.29, 1.82) is 0 Å². The minimum atomic E-state index is -0.380. The monoisotopic (exact) mass is 379 g/mol. The molecule has 7 heteroatoms. The summed E-state index contributed by atoms with van der Waals surface area (Å²) in [5.74, 6) is -0.0593. The average molecular weight is 379 g/mol. The predicted molar refractivity (Wildman–Crippen MR) is 106 cm³/mol. The summed E-state index contributed by atoms with van der Waals surface area (Å²) in [7, 11) is 0. The summed E-state index contributed by atoms with van der Waals surface area (Å²) in [4.78, 5) is 31.8. The zero-order chi connectivity index (χ0) is 19.3. The quantitative estimate of drug-likeness (QED) is 0.749. The molecule has 0 aromatic heterocycles. The van der Waals surface area contributed by atoms with Crippen LogP contribution in [0.1, 0.15) is 5.56 Å². The number of anilines is 2. The van der Waals surface area contributed by atoms with Crippen molar-refractivity contribution in [3.63, 3.8) is 0 Å². The van der Waals surface area contributed by atoms with Gasteiger partial charge in [0.1, 0.15) is 12.7 Å². The molecule has 4 rings (SSSR count). The molecule has 0 N–H and O–H groups in total. The molecule has 144 valence electrons. The van der Waals surface area contributed by atoms with E-state index in [1.165, 1.54) is 0 Å². The van der Waals surface area contributed by atoms with Crippen LogP contribution in [0.25, 0.3) is 0 Å². The van der Waals surface area contributed by atoms with Crippen LogP contribution in [0.2, 0.25) is 0 Å². The number of benzene rings is 2. The van der Waals surface area contributed by atoms with E-state index in [1.54, 1.807) is 16.0 Å². The highest BCUT2D eigenvalue weighted by Gasteiger charge is 2.32. The SMILES string of the molecule is O=C1COCCN1c1ccc(N2CC(CN=Cc3ccccc3)OC2=O)cc1. The molecule has 28 heavy (non-hydrogen) atoms. The zero-order valence-corrected chi connectivity index (χ0v) is 15.4. The fourth-order valence-electron chi connectivity index (χ4n) is 3.25. The van der Waals surface area contributed by atoms with E-state index in [0.29, 0.717) is 26.2 Å². The van der Waals surface area contributed by atoms with E-state index in [4.69, 9.17) is 9.47 Å². The third-order valence-electron chi connectivity index (χ3n) is 4.68. The van der Waals surface area contributed by atoms with E-state index in [2.05, 4.69) is 4.99 Å².